The first-order valence-corrected chi connectivity index (χ1v) is 8.42. The Morgan fingerprint density at radius 1 is 1.33 bits per heavy atom. The van der Waals surface area contributed by atoms with Crippen molar-refractivity contribution in [1.82, 2.24) is 4.72 Å². The zero-order valence-electron chi connectivity index (χ0n) is 11.3. The van der Waals surface area contributed by atoms with Gasteiger partial charge in [0.25, 0.3) is 0 Å². The van der Waals surface area contributed by atoms with Crippen LogP contribution in [0.25, 0.3) is 6.08 Å². The predicted octanol–water partition coefficient (Wildman–Crippen LogP) is 2.63. The molecule has 2 rings (SSSR count). The summed E-state index contributed by atoms with van der Waals surface area (Å²) >= 11 is 5.75. The second-order valence-electron chi connectivity index (χ2n) is 5.21. The molecule has 0 atom stereocenters. The molecule has 114 valence electrons. The van der Waals surface area contributed by atoms with Gasteiger partial charge in [0.2, 0.25) is 10.0 Å². The Morgan fingerprint density at radius 2 is 1.95 bits per heavy atom. The Balaban J connectivity index is 2.07. The molecule has 2 N–H and O–H groups in total. The highest BCUT2D eigenvalue weighted by atomic mass is 35.5. The van der Waals surface area contributed by atoms with Crippen molar-refractivity contribution in [2.45, 2.75) is 31.2 Å². The molecule has 0 amide bonds. The van der Waals surface area contributed by atoms with Crippen LogP contribution in [0.2, 0.25) is 5.02 Å². The van der Waals surface area contributed by atoms with Gasteiger partial charge in [-0.15, -0.1) is 0 Å². The van der Waals surface area contributed by atoms with E-state index in [1.165, 1.54) is 6.08 Å². The summed E-state index contributed by atoms with van der Waals surface area (Å²) < 4.78 is 26.6. The number of carbonyl (C=O) groups is 1. The normalized spacial score (nSPS) is 17.6. The number of benzene rings is 1. The van der Waals surface area contributed by atoms with E-state index in [0.717, 1.165) is 11.8 Å². The lowest BCUT2D eigenvalue weighted by Crippen LogP contribution is -2.54. The van der Waals surface area contributed by atoms with Crippen LogP contribution >= 0.6 is 11.6 Å². The van der Waals surface area contributed by atoms with Crippen molar-refractivity contribution in [3.63, 3.8) is 0 Å². The number of carboxylic acid groups (broad SMARTS) is 1. The number of aliphatic carboxylic acids is 1. The lowest BCUT2D eigenvalue weighted by molar-refractivity contribution is -0.139. The Kier molecular flexibility index (Phi) is 4.70. The van der Waals surface area contributed by atoms with Gasteiger partial charge in [-0.3, -0.25) is 4.79 Å². The van der Waals surface area contributed by atoms with Crippen LogP contribution in [0.5, 0.6) is 0 Å². The maximum absolute atomic E-state index is 12.0. The Morgan fingerprint density at radius 3 is 2.43 bits per heavy atom. The van der Waals surface area contributed by atoms with Crippen LogP contribution in [0, 0.1) is 0 Å². The molecule has 21 heavy (non-hydrogen) atoms. The third-order valence-corrected chi connectivity index (χ3v) is 4.93. The fraction of sp³-hybridized carbons (Fsp3) is 0.357. The molecular weight excluding hydrogens is 314 g/mol. The van der Waals surface area contributed by atoms with Crippen molar-refractivity contribution in [1.29, 1.82) is 0 Å². The molecule has 0 radical (unpaired) electrons. The van der Waals surface area contributed by atoms with Crippen molar-refractivity contribution < 1.29 is 18.3 Å². The van der Waals surface area contributed by atoms with Crippen LogP contribution in [-0.4, -0.2) is 25.0 Å². The zero-order chi connectivity index (χ0) is 15.5. The molecule has 5 nitrogen and oxygen atoms in total. The van der Waals surface area contributed by atoms with E-state index in [2.05, 4.69) is 4.72 Å². The summed E-state index contributed by atoms with van der Waals surface area (Å²) in [5.74, 6) is -1.00. The topological polar surface area (TPSA) is 83.5 Å². The molecule has 0 spiro atoms. The SMILES string of the molecule is O=C(O)CC1(NS(=O)(=O)C=Cc2ccc(Cl)cc2)CCC1. The average Bonchev–Trinajstić information content (AvgIpc) is 2.35. The van der Waals surface area contributed by atoms with Crippen LogP contribution in [0.4, 0.5) is 0 Å². The van der Waals surface area contributed by atoms with Gasteiger partial charge in [0, 0.05) is 16.0 Å². The van der Waals surface area contributed by atoms with Crippen molar-refractivity contribution in [3.8, 4) is 0 Å². The molecule has 1 saturated carbocycles. The van der Waals surface area contributed by atoms with Crippen LogP contribution in [-0.2, 0) is 14.8 Å². The maximum atomic E-state index is 12.0. The number of carboxylic acids is 1. The summed E-state index contributed by atoms with van der Waals surface area (Å²) in [7, 11) is -3.68. The molecule has 1 aliphatic carbocycles. The predicted molar refractivity (Wildman–Crippen MR) is 81.4 cm³/mol. The Labute approximate surface area is 128 Å². The summed E-state index contributed by atoms with van der Waals surface area (Å²) in [6, 6.07) is 6.73. The second-order valence-corrected chi connectivity index (χ2v) is 7.21. The van der Waals surface area contributed by atoms with Gasteiger partial charge in [-0.1, -0.05) is 23.7 Å². The summed E-state index contributed by atoms with van der Waals surface area (Å²) in [4.78, 5) is 10.8. The highest BCUT2D eigenvalue weighted by Gasteiger charge is 2.41. The van der Waals surface area contributed by atoms with Gasteiger partial charge in [0.1, 0.15) is 0 Å². The third-order valence-electron chi connectivity index (χ3n) is 3.47. The van der Waals surface area contributed by atoms with Crippen LogP contribution in [0.1, 0.15) is 31.2 Å². The second kappa shape index (κ2) is 6.17. The van der Waals surface area contributed by atoms with Gasteiger partial charge in [0.05, 0.1) is 6.42 Å². The van der Waals surface area contributed by atoms with E-state index in [-0.39, 0.29) is 6.42 Å². The van der Waals surface area contributed by atoms with Crippen LogP contribution < -0.4 is 4.72 Å². The average molecular weight is 330 g/mol. The van der Waals surface area contributed by atoms with E-state index in [9.17, 15) is 13.2 Å². The van der Waals surface area contributed by atoms with E-state index < -0.39 is 21.5 Å². The number of rotatable bonds is 6. The molecule has 0 aliphatic heterocycles. The number of hydrogen-bond acceptors (Lipinski definition) is 3. The fourth-order valence-electron chi connectivity index (χ4n) is 2.29. The fourth-order valence-corrected chi connectivity index (χ4v) is 3.70. The molecule has 1 aliphatic rings. The van der Waals surface area contributed by atoms with Gasteiger partial charge in [-0.05, 0) is 43.0 Å². The minimum Gasteiger partial charge on any atom is -0.481 e. The van der Waals surface area contributed by atoms with Crippen molar-refractivity contribution in [2.75, 3.05) is 0 Å². The van der Waals surface area contributed by atoms with Gasteiger partial charge < -0.3 is 5.11 Å². The van der Waals surface area contributed by atoms with Crippen LogP contribution in [0.3, 0.4) is 0 Å². The van der Waals surface area contributed by atoms with Crippen LogP contribution in [0.15, 0.2) is 29.7 Å². The first-order chi connectivity index (χ1) is 9.80. The number of halogens is 1. The smallest absolute Gasteiger partial charge is 0.305 e. The largest absolute Gasteiger partial charge is 0.481 e. The maximum Gasteiger partial charge on any atom is 0.305 e. The highest BCUT2D eigenvalue weighted by molar-refractivity contribution is 7.92. The lowest BCUT2D eigenvalue weighted by Gasteiger charge is -2.40. The molecule has 0 saturated heterocycles. The van der Waals surface area contributed by atoms with Gasteiger partial charge in [-0.25, -0.2) is 13.1 Å². The van der Waals surface area contributed by atoms with Crippen molar-refractivity contribution >= 4 is 33.7 Å². The zero-order valence-corrected chi connectivity index (χ0v) is 12.8. The summed E-state index contributed by atoms with van der Waals surface area (Å²) in [5, 5.41) is 10.5. The first kappa shape index (κ1) is 16.0. The van der Waals surface area contributed by atoms with E-state index in [0.29, 0.717) is 23.4 Å². The number of hydrogen-bond donors (Lipinski definition) is 2. The first-order valence-electron chi connectivity index (χ1n) is 6.50. The lowest BCUT2D eigenvalue weighted by atomic mass is 9.75. The molecule has 0 aromatic heterocycles. The van der Waals surface area contributed by atoms with E-state index >= 15 is 0 Å². The monoisotopic (exact) mass is 329 g/mol. The molecule has 0 unspecified atom stereocenters. The summed E-state index contributed by atoms with van der Waals surface area (Å²) in [6.07, 6.45) is 3.18. The summed E-state index contributed by atoms with van der Waals surface area (Å²) in [6.45, 7) is 0. The Bertz CT molecular complexity index is 648. The highest BCUT2D eigenvalue weighted by Crippen LogP contribution is 2.35. The molecule has 7 heteroatoms. The molecule has 1 aromatic carbocycles. The molecule has 1 fully saturated rings. The van der Waals surface area contributed by atoms with Crippen molar-refractivity contribution in [2.24, 2.45) is 0 Å². The van der Waals surface area contributed by atoms with Gasteiger partial charge in [0.15, 0.2) is 0 Å². The Hall–Kier alpha value is -1.37. The number of sulfonamides is 1. The van der Waals surface area contributed by atoms with E-state index in [1.807, 2.05) is 0 Å². The molecule has 0 bridgehead atoms. The molecule has 0 heterocycles. The molecule has 1 aromatic rings. The van der Waals surface area contributed by atoms with E-state index in [4.69, 9.17) is 16.7 Å². The van der Waals surface area contributed by atoms with Gasteiger partial charge in [-0.2, -0.15) is 0 Å². The van der Waals surface area contributed by atoms with E-state index in [1.54, 1.807) is 24.3 Å². The quantitative estimate of drug-likeness (QED) is 0.840. The summed E-state index contributed by atoms with van der Waals surface area (Å²) in [5.41, 5.74) is -0.139. The number of nitrogens with one attached hydrogen (secondary N) is 1. The minimum atomic E-state index is -3.68. The minimum absolute atomic E-state index is 0.193. The van der Waals surface area contributed by atoms with Gasteiger partial charge >= 0.3 is 5.97 Å². The molecular formula is C14H16ClNO4S. The third kappa shape index (κ3) is 4.56. The standard InChI is InChI=1S/C14H16ClNO4S/c15-12-4-2-11(3-5-12)6-9-21(19,20)16-14(7-1-8-14)10-13(17)18/h2-6,9,16H,1,7-8,10H2,(H,17,18). The van der Waals surface area contributed by atoms with Crippen molar-refractivity contribution in [3.05, 3.63) is 40.3 Å².